The van der Waals surface area contributed by atoms with Crippen LogP contribution in [-0.2, 0) is 16.0 Å². The molecule has 1 aromatic carbocycles. The number of hydrogen-bond donors (Lipinski definition) is 1. The molecule has 1 fully saturated rings. The summed E-state index contributed by atoms with van der Waals surface area (Å²) in [7, 11) is 0. The summed E-state index contributed by atoms with van der Waals surface area (Å²) in [5, 5.41) is 12.5. The minimum Gasteiger partial charge on any atom is -0.491 e. The van der Waals surface area contributed by atoms with Crippen LogP contribution in [0.25, 0.3) is 0 Å². The number of amides is 1. The molecule has 4 rings (SSSR count). The van der Waals surface area contributed by atoms with Gasteiger partial charge in [0.25, 0.3) is 0 Å². The SMILES string of the molecule is C=CCOCC(O)CN(CC(=O)N1CCc2sccc2C1COc1ccc(C)cc1C)C1CC1. The molecule has 34 heavy (non-hydrogen) atoms. The lowest BCUT2D eigenvalue weighted by Gasteiger charge is -2.37. The number of carbonyl (C=O) groups is 1. The average molecular weight is 485 g/mol. The normalized spacial score (nSPS) is 18.6. The molecule has 0 radical (unpaired) electrons. The Balaban J connectivity index is 1.43. The summed E-state index contributed by atoms with van der Waals surface area (Å²) < 4.78 is 11.7. The van der Waals surface area contributed by atoms with Crippen LogP contribution in [0, 0.1) is 13.8 Å². The summed E-state index contributed by atoms with van der Waals surface area (Å²) in [6.07, 6.45) is 4.06. The van der Waals surface area contributed by atoms with Crippen LogP contribution in [0.2, 0.25) is 0 Å². The van der Waals surface area contributed by atoms with Crippen molar-refractivity contribution in [1.82, 2.24) is 9.80 Å². The van der Waals surface area contributed by atoms with E-state index in [2.05, 4.69) is 48.9 Å². The summed E-state index contributed by atoms with van der Waals surface area (Å²) in [5.41, 5.74) is 3.51. The van der Waals surface area contributed by atoms with Gasteiger partial charge in [0.05, 0.1) is 31.9 Å². The molecule has 1 aliphatic carbocycles. The standard InChI is InChI=1S/C27H36N2O4S/c1-4-12-32-17-22(30)15-28(21-6-7-21)16-27(31)29-11-9-26-23(10-13-34-26)24(29)18-33-25-8-5-19(2)14-20(25)3/h4-5,8,10,13-14,21-22,24,30H,1,6-7,9,11-12,15-18H2,2-3H3. The summed E-state index contributed by atoms with van der Waals surface area (Å²) in [5.74, 6) is 0.958. The van der Waals surface area contributed by atoms with Crippen molar-refractivity contribution in [1.29, 1.82) is 0 Å². The van der Waals surface area contributed by atoms with E-state index in [0.29, 0.717) is 38.9 Å². The van der Waals surface area contributed by atoms with E-state index in [4.69, 9.17) is 9.47 Å². The number of rotatable bonds is 12. The number of carbonyl (C=O) groups excluding carboxylic acids is 1. The molecule has 0 bridgehead atoms. The van der Waals surface area contributed by atoms with Crippen molar-refractivity contribution in [2.45, 2.75) is 51.3 Å². The van der Waals surface area contributed by atoms with Gasteiger partial charge in [-0.1, -0.05) is 23.8 Å². The maximum Gasteiger partial charge on any atom is 0.237 e. The quantitative estimate of drug-likeness (QED) is 0.366. The Morgan fingerprint density at radius 1 is 1.35 bits per heavy atom. The van der Waals surface area contributed by atoms with Crippen molar-refractivity contribution < 1.29 is 19.4 Å². The van der Waals surface area contributed by atoms with Gasteiger partial charge in [0.1, 0.15) is 12.4 Å². The number of nitrogens with zero attached hydrogens (tertiary/aromatic N) is 2. The molecule has 1 aromatic heterocycles. The highest BCUT2D eigenvalue weighted by atomic mass is 32.1. The molecule has 1 saturated carbocycles. The van der Waals surface area contributed by atoms with E-state index in [1.807, 2.05) is 11.0 Å². The first-order chi connectivity index (χ1) is 16.5. The fraction of sp³-hybridized carbons (Fsp3) is 0.519. The number of hydrogen-bond acceptors (Lipinski definition) is 6. The number of aliphatic hydroxyl groups is 1. The Hall–Kier alpha value is -2.19. The third-order valence-electron chi connectivity index (χ3n) is 6.54. The minimum atomic E-state index is -0.623. The molecule has 2 unspecified atom stereocenters. The lowest BCUT2D eigenvalue weighted by molar-refractivity contribution is -0.136. The molecule has 1 N–H and O–H groups in total. The largest absolute Gasteiger partial charge is 0.491 e. The van der Waals surface area contributed by atoms with E-state index in [-0.39, 0.29) is 18.6 Å². The summed E-state index contributed by atoms with van der Waals surface area (Å²) in [6.45, 7) is 10.3. The van der Waals surface area contributed by atoms with Gasteiger partial charge in [-0.05, 0) is 61.7 Å². The van der Waals surface area contributed by atoms with Crippen molar-refractivity contribution in [3.05, 3.63) is 63.9 Å². The molecule has 184 valence electrons. The lowest BCUT2D eigenvalue weighted by Crippen LogP contribution is -2.48. The molecule has 6 nitrogen and oxygen atoms in total. The van der Waals surface area contributed by atoms with Crippen molar-refractivity contribution in [2.75, 3.05) is 39.5 Å². The molecule has 2 atom stereocenters. The number of thiophene rings is 1. The highest BCUT2D eigenvalue weighted by molar-refractivity contribution is 7.10. The fourth-order valence-corrected chi connectivity index (χ4v) is 5.59. The zero-order valence-corrected chi connectivity index (χ0v) is 21.1. The third kappa shape index (κ3) is 6.27. The maximum absolute atomic E-state index is 13.6. The molecular formula is C27H36N2O4S. The van der Waals surface area contributed by atoms with Crippen LogP contribution in [0.3, 0.4) is 0 Å². The molecule has 0 spiro atoms. The number of fused-ring (bicyclic) bond motifs is 1. The number of aliphatic hydroxyl groups excluding tert-OH is 1. The first-order valence-corrected chi connectivity index (χ1v) is 13.0. The van der Waals surface area contributed by atoms with Crippen LogP contribution in [0.15, 0.2) is 42.3 Å². The van der Waals surface area contributed by atoms with Gasteiger partial charge >= 0.3 is 0 Å². The number of ether oxygens (including phenoxy) is 2. The Morgan fingerprint density at radius 3 is 2.91 bits per heavy atom. The van der Waals surface area contributed by atoms with Gasteiger partial charge in [0.15, 0.2) is 0 Å². The molecule has 2 aliphatic rings. The Labute approximate surface area is 206 Å². The second-order valence-corrected chi connectivity index (χ2v) is 10.4. The lowest BCUT2D eigenvalue weighted by atomic mass is 10.00. The summed E-state index contributed by atoms with van der Waals surface area (Å²) in [6, 6.07) is 8.58. The van der Waals surface area contributed by atoms with E-state index < -0.39 is 6.10 Å². The fourth-order valence-electron chi connectivity index (χ4n) is 4.66. The van der Waals surface area contributed by atoms with Crippen LogP contribution in [0.1, 0.15) is 40.5 Å². The van der Waals surface area contributed by atoms with Gasteiger partial charge in [0, 0.05) is 24.0 Å². The van der Waals surface area contributed by atoms with E-state index in [9.17, 15) is 9.90 Å². The van der Waals surface area contributed by atoms with Crippen LogP contribution in [0.5, 0.6) is 5.75 Å². The Bertz CT molecular complexity index is 987. The second kappa shape index (κ2) is 11.5. The highest BCUT2D eigenvalue weighted by Crippen LogP contribution is 2.35. The van der Waals surface area contributed by atoms with Crippen molar-refractivity contribution in [3.8, 4) is 5.75 Å². The predicted octanol–water partition coefficient (Wildman–Crippen LogP) is 3.90. The van der Waals surface area contributed by atoms with Gasteiger partial charge in [0.2, 0.25) is 5.91 Å². The average Bonchev–Trinajstić information content (AvgIpc) is 3.54. The zero-order valence-electron chi connectivity index (χ0n) is 20.2. The molecule has 2 aromatic rings. The molecule has 1 aliphatic heterocycles. The Morgan fingerprint density at radius 2 is 2.18 bits per heavy atom. The summed E-state index contributed by atoms with van der Waals surface area (Å²) in [4.78, 5) is 19.0. The summed E-state index contributed by atoms with van der Waals surface area (Å²) >= 11 is 1.76. The zero-order chi connectivity index (χ0) is 24.1. The van der Waals surface area contributed by atoms with Gasteiger partial charge in [-0.2, -0.15) is 0 Å². The van der Waals surface area contributed by atoms with Gasteiger partial charge < -0.3 is 19.5 Å². The van der Waals surface area contributed by atoms with Crippen molar-refractivity contribution >= 4 is 17.2 Å². The molecule has 2 heterocycles. The van der Waals surface area contributed by atoms with Crippen molar-refractivity contribution in [2.24, 2.45) is 0 Å². The molecule has 1 amide bonds. The van der Waals surface area contributed by atoms with Crippen LogP contribution >= 0.6 is 11.3 Å². The second-order valence-electron chi connectivity index (χ2n) is 9.37. The number of benzene rings is 1. The van der Waals surface area contributed by atoms with E-state index in [1.165, 1.54) is 16.0 Å². The van der Waals surface area contributed by atoms with Crippen molar-refractivity contribution in [3.63, 3.8) is 0 Å². The van der Waals surface area contributed by atoms with Crippen LogP contribution < -0.4 is 4.74 Å². The molecule has 7 heteroatoms. The Kier molecular flexibility index (Phi) is 8.42. The molecular weight excluding hydrogens is 448 g/mol. The maximum atomic E-state index is 13.6. The van der Waals surface area contributed by atoms with Gasteiger partial charge in [-0.15, -0.1) is 17.9 Å². The predicted molar refractivity (Wildman–Crippen MR) is 136 cm³/mol. The van der Waals surface area contributed by atoms with E-state index in [0.717, 1.165) is 30.6 Å². The van der Waals surface area contributed by atoms with Crippen LogP contribution in [-0.4, -0.2) is 72.4 Å². The smallest absolute Gasteiger partial charge is 0.237 e. The topological polar surface area (TPSA) is 62.2 Å². The van der Waals surface area contributed by atoms with Gasteiger partial charge in [-0.3, -0.25) is 9.69 Å². The van der Waals surface area contributed by atoms with Gasteiger partial charge in [-0.25, -0.2) is 0 Å². The first kappa shape index (κ1) is 24.9. The molecule has 0 saturated heterocycles. The van der Waals surface area contributed by atoms with E-state index >= 15 is 0 Å². The number of aryl methyl sites for hydroxylation is 2. The highest BCUT2D eigenvalue weighted by Gasteiger charge is 2.36. The first-order valence-electron chi connectivity index (χ1n) is 12.1. The van der Waals surface area contributed by atoms with Crippen LogP contribution in [0.4, 0.5) is 0 Å². The van der Waals surface area contributed by atoms with E-state index in [1.54, 1.807) is 17.4 Å². The minimum absolute atomic E-state index is 0.0946. The third-order valence-corrected chi connectivity index (χ3v) is 7.53. The monoisotopic (exact) mass is 484 g/mol.